The van der Waals surface area contributed by atoms with Crippen molar-refractivity contribution in [1.29, 1.82) is 0 Å². The summed E-state index contributed by atoms with van der Waals surface area (Å²) in [6.07, 6.45) is 0. The number of rotatable bonds is 0. The smallest absolute Gasteiger partial charge is 0.316 e. The Kier molecular flexibility index (Phi) is 2.13. The highest BCUT2D eigenvalue weighted by molar-refractivity contribution is 5.75. The Bertz CT molecular complexity index is 220. The lowest BCUT2D eigenvalue weighted by molar-refractivity contribution is 0.0481. The molecule has 0 aromatic carbocycles. The molecule has 2 atom stereocenters. The number of hydrogen-bond acceptors (Lipinski definition) is 3. The zero-order valence-corrected chi connectivity index (χ0v) is 8.08. The largest absolute Gasteiger partial charge is 0.334 e. The van der Waals surface area contributed by atoms with Crippen LogP contribution in [0.3, 0.4) is 0 Å². The lowest BCUT2D eigenvalue weighted by atomic mass is 10.1. The number of amides is 2. The van der Waals surface area contributed by atoms with Crippen LogP contribution < -0.4 is 10.7 Å². The van der Waals surface area contributed by atoms with Crippen molar-refractivity contribution < 1.29 is 4.79 Å². The maximum Gasteiger partial charge on any atom is 0.334 e. The molecule has 0 bridgehead atoms. The first-order valence-electron chi connectivity index (χ1n) is 4.71. The Labute approximate surface area is 78.0 Å². The van der Waals surface area contributed by atoms with Crippen molar-refractivity contribution in [1.82, 2.24) is 20.7 Å². The van der Waals surface area contributed by atoms with Gasteiger partial charge in [-0.3, -0.25) is 5.01 Å². The molecule has 2 unspecified atom stereocenters. The van der Waals surface area contributed by atoms with Crippen molar-refractivity contribution in [3.8, 4) is 0 Å². The average Bonchev–Trinajstić information content (AvgIpc) is 2.15. The van der Waals surface area contributed by atoms with Crippen LogP contribution in [-0.2, 0) is 0 Å². The fraction of sp³-hybridized carbons (Fsp3) is 0.875. The Morgan fingerprint density at radius 2 is 2.31 bits per heavy atom. The summed E-state index contributed by atoms with van der Waals surface area (Å²) in [6.45, 7) is 4.73. The Morgan fingerprint density at radius 1 is 1.54 bits per heavy atom. The van der Waals surface area contributed by atoms with Crippen molar-refractivity contribution in [2.75, 3.05) is 26.7 Å². The van der Waals surface area contributed by atoms with Crippen LogP contribution in [0.1, 0.15) is 6.92 Å². The van der Waals surface area contributed by atoms with Gasteiger partial charge in [-0.1, -0.05) is 0 Å². The number of fused-ring (bicyclic) bond motifs is 1. The topological polar surface area (TPSA) is 47.6 Å². The third-order valence-electron chi connectivity index (χ3n) is 2.79. The van der Waals surface area contributed by atoms with Crippen molar-refractivity contribution in [2.45, 2.75) is 19.0 Å². The summed E-state index contributed by atoms with van der Waals surface area (Å²) in [5.74, 6) is 0. The van der Waals surface area contributed by atoms with Gasteiger partial charge in [0.1, 0.15) is 0 Å². The van der Waals surface area contributed by atoms with Crippen molar-refractivity contribution in [3.05, 3.63) is 0 Å². The maximum atomic E-state index is 11.7. The molecule has 2 rings (SSSR count). The predicted octanol–water partition coefficient (Wildman–Crippen LogP) is -0.781. The molecule has 0 spiro atoms. The minimum Gasteiger partial charge on any atom is -0.316 e. The SMILES string of the molecule is CC1NN(C)C(=O)N2CCNCC12. The van der Waals surface area contributed by atoms with E-state index in [1.165, 1.54) is 0 Å². The second kappa shape index (κ2) is 3.16. The first kappa shape index (κ1) is 8.77. The predicted molar refractivity (Wildman–Crippen MR) is 49.1 cm³/mol. The van der Waals surface area contributed by atoms with E-state index in [1.807, 2.05) is 4.90 Å². The summed E-state index contributed by atoms with van der Waals surface area (Å²) in [5.41, 5.74) is 3.13. The number of urea groups is 1. The third kappa shape index (κ3) is 1.38. The molecule has 0 aromatic rings. The summed E-state index contributed by atoms with van der Waals surface area (Å²) in [4.78, 5) is 13.6. The zero-order chi connectivity index (χ0) is 9.42. The number of carbonyl (C=O) groups excluding carboxylic acids is 1. The second-order valence-corrected chi connectivity index (χ2v) is 3.72. The second-order valence-electron chi connectivity index (χ2n) is 3.72. The lowest BCUT2D eigenvalue weighted by Crippen LogP contribution is -2.70. The Morgan fingerprint density at radius 3 is 3.08 bits per heavy atom. The summed E-state index contributed by atoms with van der Waals surface area (Å²) < 4.78 is 0. The van der Waals surface area contributed by atoms with E-state index in [9.17, 15) is 4.79 Å². The molecule has 2 saturated heterocycles. The highest BCUT2D eigenvalue weighted by Gasteiger charge is 2.37. The number of hydrazine groups is 1. The van der Waals surface area contributed by atoms with Crippen LogP contribution in [0.4, 0.5) is 4.79 Å². The highest BCUT2D eigenvalue weighted by atomic mass is 16.2. The molecular formula is C8H16N4O. The van der Waals surface area contributed by atoms with Gasteiger partial charge in [-0.2, -0.15) is 0 Å². The molecule has 2 amide bonds. The molecule has 0 aromatic heterocycles. The highest BCUT2D eigenvalue weighted by Crippen LogP contribution is 2.14. The van der Waals surface area contributed by atoms with Crippen LogP contribution in [0.25, 0.3) is 0 Å². The van der Waals surface area contributed by atoms with Gasteiger partial charge in [-0.15, -0.1) is 0 Å². The first-order valence-corrected chi connectivity index (χ1v) is 4.71. The van der Waals surface area contributed by atoms with E-state index < -0.39 is 0 Å². The molecule has 2 heterocycles. The van der Waals surface area contributed by atoms with Crippen molar-refractivity contribution >= 4 is 6.03 Å². The minimum absolute atomic E-state index is 0.0876. The molecule has 2 fully saturated rings. The van der Waals surface area contributed by atoms with Gasteiger partial charge < -0.3 is 10.2 Å². The van der Waals surface area contributed by atoms with Gasteiger partial charge in [0.25, 0.3) is 0 Å². The van der Waals surface area contributed by atoms with Gasteiger partial charge in [0.05, 0.1) is 6.04 Å². The molecule has 0 saturated carbocycles. The van der Waals surface area contributed by atoms with Crippen LogP contribution in [0.15, 0.2) is 0 Å². The van der Waals surface area contributed by atoms with Gasteiger partial charge in [0.2, 0.25) is 0 Å². The summed E-state index contributed by atoms with van der Waals surface area (Å²) >= 11 is 0. The van der Waals surface area contributed by atoms with Crippen molar-refractivity contribution in [3.63, 3.8) is 0 Å². The third-order valence-corrected chi connectivity index (χ3v) is 2.79. The van der Waals surface area contributed by atoms with Crippen LogP contribution in [0.2, 0.25) is 0 Å². The Hall–Kier alpha value is -0.810. The maximum absolute atomic E-state index is 11.7. The fourth-order valence-corrected chi connectivity index (χ4v) is 2.05. The van der Waals surface area contributed by atoms with Gasteiger partial charge in [0.15, 0.2) is 0 Å². The first-order chi connectivity index (χ1) is 6.20. The summed E-state index contributed by atoms with van der Waals surface area (Å²) in [6, 6.07) is 0.720. The number of piperazine rings is 1. The van der Waals surface area contributed by atoms with E-state index >= 15 is 0 Å². The van der Waals surface area contributed by atoms with E-state index in [4.69, 9.17) is 0 Å². The average molecular weight is 184 g/mol. The summed E-state index contributed by atoms with van der Waals surface area (Å²) in [5, 5.41) is 4.87. The molecule has 2 aliphatic rings. The number of carbonyl (C=O) groups is 1. The molecule has 0 radical (unpaired) electrons. The molecule has 2 N–H and O–H groups in total. The van der Waals surface area contributed by atoms with E-state index in [2.05, 4.69) is 17.7 Å². The monoisotopic (exact) mass is 184 g/mol. The molecule has 13 heavy (non-hydrogen) atoms. The standard InChI is InChI=1S/C8H16N4O/c1-6-7-5-9-3-4-12(7)8(13)11(2)10-6/h6-7,9-10H,3-5H2,1-2H3. The lowest BCUT2D eigenvalue weighted by Gasteiger charge is -2.46. The van der Waals surface area contributed by atoms with Crippen LogP contribution >= 0.6 is 0 Å². The van der Waals surface area contributed by atoms with Gasteiger partial charge in [-0.05, 0) is 6.92 Å². The molecule has 2 aliphatic heterocycles. The zero-order valence-electron chi connectivity index (χ0n) is 8.08. The van der Waals surface area contributed by atoms with E-state index in [1.54, 1.807) is 12.1 Å². The van der Waals surface area contributed by atoms with Crippen LogP contribution in [0.5, 0.6) is 0 Å². The van der Waals surface area contributed by atoms with E-state index in [-0.39, 0.29) is 6.03 Å². The minimum atomic E-state index is 0.0876. The van der Waals surface area contributed by atoms with Gasteiger partial charge in [-0.25, -0.2) is 10.2 Å². The van der Waals surface area contributed by atoms with E-state index in [0.717, 1.165) is 19.6 Å². The molecule has 74 valence electrons. The molecular weight excluding hydrogens is 168 g/mol. The quantitative estimate of drug-likeness (QED) is 0.519. The van der Waals surface area contributed by atoms with Gasteiger partial charge in [0, 0.05) is 32.7 Å². The van der Waals surface area contributed by atoms with Crippen molar-refractivity contribution in [2.24, 2.45) is 0 Å². The van der Waals surface area contributed by atoms with E-state index in [0.29, 0.717) is 12.1 Å². The molecule has 5 heteroatoms. The molecule has 0 aliphatic carbocycles. The summed E-state index contributed by atoms with van der Waals surface area (Å²) in [7, 11) is 1.77. The Balaban J connectivity index is 2.15. The fourth-order valence-electron chi connectivity index (χ4n) is 2.05. The molecule has 5 nitrogen and oxygen atoms in total. The number of hydrogen-bond donors (Lipinski definition) is 2. The van der Waals surface area contributed by atoms with Gasteiger partial charge >= 0.3 is 6.03 Å². The normalized spacial score (nSPS) is 34.8. The van der Waals surface area contributed by atoms with Crippen LogP contribution in [-0.4, -0.2) is 54.7 Å². The number of nitrogens with zero attached hydrogens (tertiary/aromatic N) is 2. The van der Waals surface area contributed by atoms with Crippen LogP contribution in [0, 0.1) is 0 Å². The number of nitrogens with one attached hydrogen (secondary N) is 2.